The van der Waals surface area contributed by atoms with Crippen LogP contribution in [0.3, 0.4) is 0 Å². The molecule has 196 valence electrons. The van der Waals surface area contributed by atoms with Crippen molar-refractivity contribution in [1.29, 1.82) is 0 Å². The number of aliphatic hydroxyl groups excluding tert-OH is 1. The Morgan fingerprint density at radius 3 is 2.76 bits per heavy atom. The molecule has 0 saturated carbocycles. The van der Waals surface area contributed by atoms with Gasteiger partial charge >= 0.3 is 0 Å². The summed E-state index contributed by atoms with van der Waals surface area (Å²) in [5.74, 6) is 1.43. The number of amides is 1. The van der Waals surface area contributed by atoms with E-state index >= 15 is 0 Å². The fourth-order valence-corrected chi connectivity index (χ4v) is 4.13. The molecule has 3 aromatic heterocycles. The second-order valence-electron chi connectivity index (χ2n) is 8.88. The van der Waals surface area contributed by atoms with Crippen molar-refractivity contribution < 1.29 is 23.8 Å². The standard InChI is InChI=1S/C27H28N6O5/c1-14(2)37-26-23-18(16-5-7-20-22(11-16)38-15(3)30-20)13-29-24(23)32-27(33-26)31-19-8-6-17(12-21(19)36-4)25(35)28-9-10-34/h5-8,11-14,34H,9-10H2,1-4H3,(H,28,35)(H2,29,31,32,33). The molecular weight excluding hydrogens is 488 g/mol. The molecular formula is C27H28N6O5. The number of hydrogen-bond acceptors (Lipinski definition) is 9. The molecule has 0 unspecified atom stereocenters. The molecule has 5 aromatic rings. The third kappa shape index (κ3) is 4.96. The zero-order chi connectivity index (χ0) is 26.8. The van der Waals surface area contributed by atoms with E-state index in [4.69, 9.17) is 19.0 Å². The Hall–Kier alpha value is -4.64. The highest BCUT2D eigenvalue weighted by Gasteiger charge is 2.19. The molecule has 2 aromatic carbocycles. The van der Waals surface area contributed by atoms with Crippen LogP contribution in [0.5, 0.6) is 11.6 Å². The molecule has 0 bridgehead atoms. The van der Waals surface area contributed by atoms with Crippen LogP contribution >= 0.6 is 0 Å². The van der Waals surface area contributed by atoms with Crippen molar-refractivity contribution in [2.45, 2.75) is 26.9 Å². The number of aryl methyl sites for hydroxylation is 1. The first-order chi connectivity index (χ1) is 18.4. The predicted octanol–water partition coefficient (Wildman–Crippen LogP) is 4.34. The monoisotopic (exact) mass is 516 g/mol. The lowest BCUT2D eigenvalue weighted by Crippen LogP contribution is -2.26. The van der Waals surface area contributed by atoms with E-state index in [1.165, 1.54) is 7.11 Å². The first-order valence-electron chi connectivity index (χ1n) is 12.1. The van der Waals surface area contributed by atoms with Crippen LogP contribution in [0.1, 0.15) is 30.1 Å². The summed E-state index contributed by atoms with van der Waals surface area (Å²) in [4.78, 5) is 29.2. The molecule has 0 saturated heterocycles. The molecule has 11 nitrogen and oxygen atoms in total. The van der Waals surface area contributed by atoms with E-state index < -0.39 is 0 Å². The van der Waals surface area contributed by atoms with Gasteiger partial charge in [0.15, 0.2) is 11.5 Å². The van der Waals surface area contributed by atoms with Crippen LogP contribution in [0.2, 0.25) is 0 Å². The van der Waals surface area contributed by atoms with Gasteiger partial charge < -0.3 is 34.6 Å². The molecule has 0 spiro atoms. The smallest absolute Gasteiger partial charge is 0.251 e. The lowest BCUT2D eigenvalue weighted by molar-refractivity contribution is 0.0944. The number of nitrogens with zero attached hydrogens (tertiary/aromatic N) is 3. The number of rotatable bonds is 9. The minimum absolute atomic E-state index is 0.130. The zero-order valence-electron chi connectivity index (χ0n) is 21.5. The molecule has 1 amide bonds. The molecule has 5 rings (SSSR count). The Balaban J connectivity index is 1.52. The highest BCUT2D eigenvalue weighted by Crippen LogP contribution is 2.37. The van der Waals surface area contributed by atoms with Crippen LogP contribution in [-0.2, 0) is 0 Å². The number of H-pyrrole nitrogens is 1. The average Bonchev–Trinajstić information content (AvgIpc) is 3.49. The van der Waals surface area contributed by atoms with E-state index in [1.807, 2.05) is 45.2 Å². The highest BCUT2D eigenvalue weighted by molar-refractivity contribution is 5.99. The van der Waals surface area contributed by atoms with Gasteiger partial charge in [0, 0.05) is 30.8 Å². The van der Waals surface area contributed by atoms with Gasteiger partial charge in [0.25, 0.3) is 5.91 Å². The lowest BCUT2D eigenvalue weighted by Gasteiger charge is -2.15. The summed E-state index contributed by atoms with van der Waals surface area (Å²) >= 11 is 0. The number of carbonyl (C=O) groups is 1. The summed E-state index contributed by atoms with van der Waals surface area (Å²) in [5.41, 5.74) is 4.82. The van der Waals surface area contributed by atoms with Crippen LogP contribution < -0.4 is 20.1 Å². The lowest BCUT2D eigenvalue weighted by atomic mass is 10.1. The fraction of sp³-hybridized carbons (Fsp3) is 0.259. The quantitative estimate of drug-likeness (QED) is 0.225. The van der Waals surface area contributed by atoms with Gasteiger partial charge in [0.2, 0.25) is 11.8 Å². The first kappa shape index (κ1) is 25.0. The maximum atomic E-state index is 12.3. The molecule has 38 heavy (non-hydrogen) atoms. The minimum atomic E-state index is -0.313. The van der Waals surface area contributed by atoms with Crippen LogP contribution in [0.15, 0.2) is 47.0 Å². The number of carbonyl (C=O) groups excluding carboxylic acids is 1. The molecule has 0 aliphatic heterocycles. The number of aromatic nitrogens is 4. The Kier molecular flexibility index (Phi) is 6.84. The number of benzene rings is 2. The molecule has 0 radical (unpaired) electrons. The van der Waals surface area contributed by atoms with Gasteiger partial charge in [-0.3, -0.25) is 4.79 Å². The molecule has 0 fully saturated rings. The molecule has 3 heterocycles. The number of ether oxygens (including phenoxy) is 2. The first-order valence-corrected chi connectivity index (χ1v) is 12.1. The molecule has 0 atom stereocenters. The number of fused-ring (bicyclic) bond motifs is 2. The van der Waals surface area contributed by atoms with E-state index in [0.29, 0.717) is 45.9 Å². The number of oxazole rings is 1. The van der Waals surface area contributed by atoms with Crippen molar-refractivity contribution in [2.75, 3.05) is 25.6 Å². The highest BCUT2D eigenvalue weighted by atomic mass is 16.5. The summed E-state index contributed by atoms with van der Waals surface area (Å²) in [6, 6.07) is 10.8. The number of hydrogen-bond donors (Lipinski definition) is 4. The molecule has 4 N–H and O–H groups in total. The van der Waals surface area contributed by atoms with Crippen molar-refractivity contribution in [1.82, 2.24) is 25.3 Å². The summed E-state index contributed by atoms with van der Waals surface area (Å²) < 4.78 is 17.3. The number of aromatic amines is 1. The van der Waals surface area contributed by atoms with Gasteiger partial charge in [-0.15, -0.1) is 0 Å². The molecule has 0 aliphatic carbocycles. The van der Waals surface area contributed by atoms with Crippen LogP contribution in [-0.4, -0.2) is 57.3 Å². The van der Waals surface area contributed by atoms with Crippen LogP contribution in [0.25, 0.3) is 33.3 Å². The summed E-state index contributed by atoms with van der Waals surface area (Å²) in [6.45, 7) is 5.70. The van der Waals surface area contributed by atoms with Gasteiger partial charge in [0.1, 0.15) is 16.9 Å². The Morgan fingerprint density at radius 2 is 2.00 bits per heavy atom. The fourth-order valence-electron chi connectivity index (χ4n) is 4.13. The van der Waals surface area contributed by atoms with Gasteiger partial charge in [-0.25, -0.2) is 4.98 Å². The number of nitrogens with one attached hydrogen (secondary N) is 3. The van der Waals surface area contributed by atoms with Gasteiger partial charge in [-0.1, -0.05) is 6.07 Å². The average molecular weight is 517 g/mol. The Labute approximate surface area is 218 Å². The topological polar surface area (TPSA) is 147 Å². The van der Waals surface area contributed by atoms with Crippen molar-refractivity contribution in [2.24, 2.45) is 0 Å². The van der Waals surface area contributed by atoms with Gasteiger partial charge in [-0.05, 0) is 49.7 Å². The predicted molar refractivity (Wildman–Crippen MR) is 143 cm³/mol. The van der Waals surface area contributed by atoms with Crippen molar-refractivity contribution in [3.05, 3.63) is 54.0 Å². The van der Waals surface area contributed by atoms with E-state index in [-0.39, 0.29) is 25.2 Å². The third-order valence-electron chi connectivity index (χ3n) is 5.76. The molecule has 11 heteroatoms. The summed E-state index contributed by atoms with van der Waals surface area (Å²) in [6.07, 6.45) is 1.73. The zero-order valence-corrected chi connectivity index (χ0v) is 21.5. The number of anilines is 2. The second kappa shape index (κ2) is 10.4. The summed E-state index contributed by atoms with van der Waals surface area (Å²) in [7, 11) is 1.51. The van der Waals surface area contributed by atoms with Crippen molar-refractivity contribution in [3.8, 4) is 22.8 Å². The molecule has 0 aliphatic rings. The number of aliphatic hydroxyl groups is 1. The SMILES string of the molecule is COc1cc(C(=O)NCCO)ccc1Nc1nc(OC(C)C)c2c(-c3ccc4nc(C)oc4c3)c[nH]c2n1. The second-order valence-corrected chi connectivity index (χ2v) is 8.88. The summed E-state index contributed by atoms with van der Waals surface area (Å²) in [5, 5.41) is 15.5. The minimum Gasteiger partial charge on any atom is -0.495 e. The van der Waals surface area contributed by atoms with E-state index in [9.17, 15) is 4.79 Å². The largest absolute Gasteiger partial charge is 0.495 e. The maximum absolute atomic E-state index is 12.3. The Morgan fingerprint density at radius 1 is 1.16 bits per heavy atom. The van der Waals surface area contributed by atoms with E-state index in [1.54, 1.807) is 18.2 Å². The maximum Gasteiger partial charge on any atom is 0.251 e. The van der Waals surface area contributed by atoms with Gasteiger partial charge in [0.05, 0.1) is 30.9 Å². The normalized spacial score (nSPS) is 11.3. The Bertz CT molecular complexity index is 1620. The van der Waals surface area contributed by atoms with E-state index in [2.05, 4.69) is 30.6 Å². The van der Waals surface area contributed by atoms with Crippen LogP contribution in [0, 0.1) is 6.92 Å². The van der Waals surface area contributed by atoms with Crippen LogP contribution in [0.4, 0.5) is 11.6 Å². The van der Waals surface area contributed by atoms with Crippen molar-refractivity contribution >= 4 is 39.7 Å². The third-order valence-corrected chi connectivity index (χ3v) is 5.76. The van der Waals surface area contributed by atoms with Crippen molar-refractivity contribution in [3.63, 3.8) is 0 Å². The van der Waals surface area contributed by atoms with E-state index in [0.717, 1.165) is 22.0 Å². The van der Waals surface area contributed by atoms with Gasteiger partial charge in [-0.2, -0.15) is 9.97 Å². The number of methoxy groups -OCH3 is 1.